The Labute approximate surface area is 98.0 Å². The molecule has 1 aliphatic rings. The number of rotatable bonds is 3. The summed E-state index contributed by atoms with van der Waals surface area (Å²) >= 11 is 0. The zero-order chi connectivity index (χ0) is 11.4. The van der Waals surface area contributed by atoms with Gasteiger partial charge in [-0.15, -0.1) is 0 Å². The minimum Gasteiger partial charge on any atom is -0.373 e. The third-order valence-corrected chi connectivity index (χ3v) is 3.28. The van der Waals surface area contributed by atoms with Crippen molar-refractivity contribution in [3.05, 3.63) is 35.4 Å². The summed E-state index contributed by atoms with van der Waals surface area (Å²) in [7, 11) is 2.02. The predicted octanol–water partition coefficient (Wildman–Crippen LogP) is 2.68. The molecule has 1 aromatic rings. The number of hydrogen-bond acceptors (Lipinski definition) is 2. The first kappa shape index (κ1) is 11.6. The molecule has 16 heavy (non-hydrogen) atoms. The van der Waals surface area contributed by atoms with Gasteiger partial charge in [0.2, 0.25) is 0 Å². The normalized spacial score (nSPS) is 25.6. The molecule has 1 aliphatic heterocycles. The molecule has 0 spiro atoms. The van der Waals surface area contributed by atoms with Crippen LogP contribution in [0.5, 0.6) is 0 Å². The predicted molar refractivity (Wildman–Crippen MR) is 66.5 cm³/mol. The molecule has 1 aromatic carbocycles. The number of aryl methyl sites for hydroxylation is 1. The van der Waals surface area contributed by atoms with Crippen molar-refractivity contribution in [3.63, 3.8) is 0 Å². The van der Waals surface area contributed by atoms with Crippen LogP contribution in [0.3, 0.4) is 0 Å². The lowest BCUT2D eigenvalue weighted by Crippen LogP contribution is -2.30. The van der Waals surface area contributed by atoms with Crippen LogP contribution in [0.2, 0.25) is 0 Å². The van der Waals surface area contributed by atoms with Crippen LogP contribution in [0.1, 0.15) is 30.1 Å². The molecule has 1 fully saturated rings. The van der Waals surface area contributed by atoms with E-state index in [4.69, 9.17) is 4.74 Å². The van der Waals surface area contributed by atoms with Crippen LogP contribution < -0.4 is 5.32 Å². The maximum Gasteiger partial charge on any atom is 0.0865 e. The van der Waals surface area contributed by atoms with Crippen molar-refractivity contribution in [3.8, 4) is 0 Å². The Balaban J connectivity index is 2.16. The van der Waals surface area contributed by atoms with E-state index in [0.717, 1.165) is 13.2 Å². The molecule has 2 atom stereocenters. The van der Waals surface area contributed by atoms with Gasteiger partial charge < -0.3 is 10.1 Å². The maximum atomic E-state index is 5.94. The molecule has 1 N–H and O–H groups in total. The average molecular weight is 219 g/mol. The van der Waals surface area contributed by atoms with Crippen molar-refractivity contribution < 1.29 is 4.74 Å². The molecule has 0 saturated carbocycles. The van der Waals surface area contributed by atoms with E-state index in [1.165, 1.54) is 24.0 Å². The summed E-state index contributed by atoms with van der Waals surface area (Å²) in [5, 5.41) is 3.27. The van der Waals surface area contributed by atoms with Crippen LogP contribution in [-0.4, -0.2) is 20.2 Å². The van der Waals surface area contributed by atoms with Gasteiger partial charge in [-0.2, -0.15) is 0 Å². The first-order chi connectivity index (χ1) is 7.81. The van der Waals surface area contributed by atoms with E-state index in [9.17, 15) is 0 Å². The highest BCUT2D eigenvalue weighted by Gasteiger charge is 2.26. The SMILES string of the molecule is CNCC1CCCOC1c1cccc(C)c1. The van der Waals surface area contributed by atoms with Crippen LogP contribution in [0.25, 0.3) is 0 Å². The quantitative estimate of drug-likeness (QED) is 0.844. The van der Waals surface area contributed by atoms with Crippen molar-refractivity contribution in [1.29, 1.82) is 0 Å². The van der Waals surface area contributed by atoms with Gasteiger partial charge in [-0.3, -0.25) is 0 Å². The zero-order valence-electron chi connectivity index (χ0n) is 10.2. The first-order valence-electron chi connectivity index (χ1n) is 6.14. The van der Waals surface area contributed by atoms with Crippen molar-refractivity contribution in [1.82, 2.24) is 5.32 Å². The molecular formula is C14H21NO. The Kier molecular flexibility index (Phi) is 3.97. The van der Waals surface area contributed by atoms with Crippen LogP contribution in [-0.2, 0) is 4.74 Å². The minimum absolute atomic E-state index is 0.279. The lowest BCUT2D eigenvalue weighted by Gasteiger charge is -2.32. The molecule has 0 radical (unpaired) electrons. The van der Waals surface area contributed by atoms with Gasteiger partial charge in [0.15, 0.2) is 0 Å². The first-order valence-corrected chi connectivity index (χ1v) is 6.14. The molecule has 0 bridgehead atoms. The fourth-order valence-corrected chi connectivity index (χ4v) is 2.53. The minimum atomic E-state index is 0.279. The molecular weight excluding hydrogens is 198 g/mol. The molecule has 2 rings (SSSR count). The summed E-state index contributed by atoms with van der Waals surface area (Å²) in [6, 6.07) is 8.70. The standard InChI is InChI=1S/C14H21NO/c1-11-5-3-6-12(9-11)14-13(10-15-2)7-4-8-16-14/h3,5-6,9,13-15H,4,7-8,10H2,1-2H3. The summed E-state index contributed by atoms with van der Waals surface area (Å²) in [5.74, 6) is 0.612. The second kappa shape index (κ2) is 5.46. The Hall–Kier alpha value is -0.860. The van der Waals surface area contributed by atoms with E-state index in [2.05, 4.69) is 36.5 Å². The Morgan fingerprint density at radius 2 is 2.31 bits per heavy atom. The molecule has 1 heterocycles. The van der Waals surface area contributed by atoms with Crippen LogP contribution in [0, 0.1) is 12.8 Å². The van der Waals surface area contributed by atoms with Gasteiger partial charge in [0, 0.05) is 19.1 Å². The smallest absolute Gasteiger partial charge is 0.0865 e. The third kappa shape index (κ3) is 2.63. The van der Waals surface area contributed by atoms with Crippen molar-refractivity contribution in [2.45, 2.75) is 25.9 Å². The van der Waals surface area contributed by atoms with E-state index in [-0.39, 0.29) is 6.10 Å². The summed E-state index contributed by atoms with van der Waals surface area (Å²) < 4.78 is 5.94. The van der Waals surface area contributed by atoms with Gasteiger partial charge in [-0.25, -0.2) is 0 Å². The fourth-order valence-electron chi connectivity index (χ4n) is 2.53. The van der Waals surface area contributed by atoms with E-state index in [0.29, 0.717) is 5.92 Å². The average Bonchev–Trinajstić information content (AvgIpc) is 2.30. The largest absolute Gasteiger partial charge is 0.373 e. The van der Waals surface area contributed by atoms with Crippen LogP contribution >= 0.6 is 0 Å². The topological polar surface area (TPSA) is 21.3 Å². The van der Waals surface area contributed by atoms with Crippen molar-refractivity contribution in [2.75, 3.05) is 20.2 Å². The summed E-state index contributed by atoms with van der Waals surface area (Å²) in [6.07, 6.45) is 2.73. The second-order valence-electron chi connectivity index (χ2n) is 4.67. The zero-order valence-corrected chi connectivity index (χ0v) is 10.2. The summed E-state index contributed by atoms with van der Waals surface area (Å²) in [4.78, 5) is 0. The molecule has 1 saturated heterocycles. The van der Waals surface area contributed by atoms with Gasteiger partial charge >= 0.3 is 0 Å². The van der Waals surface area contributed by atoms with E-state index in [1.54, 1.807) is 0 Å². The molecule has 0 amide bonds. The van der Waals surface area contributed by atoms with Gasteiger partial charge in [0.05, 0.1) is 6.10 Å². The van der Waals surface area contributed by atoms with Gasteiger partial charge in [-0.1, -0.05) is 29.8 Å². The number of hydrogen-bond donors (Lipinski definition) is 1. The highest BCUT2D eigenvalue weighted by Crippen LogP contribution is 2.33. The van der Waals surface area contributed by atoms with Gasteiger partial charge in [0.25, 0.3) is 0 Å². The monoisotopic (exact) mass is 219 g/mol. The van der Waals surface area contributed by atoms with Crippen molar-refractivity contribution >= 4 is 0 Å². The molecule has 2 unspecified atom stereocenters. The molecule has 2 nitrogen and oxygen atoms in total. The van der Waals surface area contributed by atoms with E-state index in [1.807, 2.05) is 7.05 Å². The third-order valence-electron chi connectivity index (χ3n) is 3.28. The second-order valence-corrected chi connectivity index (χ2v) is 4.67. The molecule has 88 valence electrons. The van der Waals surface area contributed by atoms with Crippen molar-refractivity contribution in [2.24, 2.45) is 5.92 Å². The molecule has 2 heteroatoms. The van der Waals surface area contributed by atoms with Gasteiger partial charge in [0.1, 0.15) is 0 Å². The fraction of sp³-hybridized carbons (Fsp3) is 0.571. The maximum absolute atomic E-state index is 5.94. The Bertz CT molecular complexity index is 335. The molecule has 0 aromatic heterocycles. The Morgan fingerprint density at radius 3 is 3.06 bits per heavy atom. The van der Waals surface area contributed by atoms with Crippen LogP contribution in [0.4, 0.5) is 0 Å². The number of benzene rings is 1. The number of nitrogens with one attached hydrogen (secondary N) is 1. The highest BCUT2D eigenvalue weighted by atomic mass is 16.5. The van der Waals surface area contributed by atoms with Crippen LogP contribution in [0.15, 0.2) is 24.3 Å². The number of ether oxygens (including phenoxy) is 1. The van der Waals surface area contributed by atoms with E-state index < -0.39 is 0 Å². The highest BCUT2D eigenvalue weighted by molar-refractivity contribution is 5.25. The summed E-state index contributed by atoms with van der Waals surface area (Å²) in [6.45, 7) is 4.08. The Morgan fingerprint density at radius 1 is 1.44 bits per heavy atom. The van der Waals surface area contributed by atoms with E-state index >= 15 is 0 Å². The van der Waals surface area contributed by atoms with Gasteiger partial charge in [-0.05, 0) is 32.4 Å². The summed E-state index contributed by atoms with van der Waals surface area (Å²) in [5.41, 5.74) is 2.65. The molecule has 0 aliphatic carbocycles. The lowest BCUT2D eigenvalue weighted by atomic mass is 9.89. The lowest BCUT2D eigenvalue weighted by molar-refractivity contribution is -0.0272.